The van der Waals surface area contributed by atoms with Crippen LogP contribution in [0.1, 0.15) is 41.6 Å². The van der Waals surface area contributed by atoms with E-state index in [2.05, 4.69) is 31.9 Å². The largest absolute Gasteiger partial charge is 0.494 e. The molecule has 2 nitrogen and oxygen atoms in total. The Labute approximate surface area is 171 Å². The Balaban J connectivity index is 2.01. The van der Waals surface area contributed by atoms with Crippen LogP contribution in [0.4, 0.5) is 0 Å². The lowest BCUT2D eigenvalue weighted by Gasteiger charge is -2.11. The van der Waals surface area contributed by atoms with Crippen LogP contribution in [0.25, 0.3) is 0 Å². The summed E-state index contributed by atoms with van der Waals surface area (Å²) in [5.41, 5.74) is 1.42. The molecule has 0 spiro atoms. The number of ketones is 1. The fourth-order valence-electron chi connectivity index (χ4n) is 2.45. The Bertz CT molecular complexity index is 687. The Morgan fingerprint density at radius 2 is 1.76 bits per heavy atom. The van der Waals surface area contributed by atoms with Gasteiger partial charge in [-0.3, -0.25) is 4.79 Å². The number of carbonyl (C=O) groups excluding carboxylic acids is 1. The van der Waals surface area contributed by atoms with Crippen molar-refractivity contribution in [1.82, 2.24) is 0 Å². The number of hydrogen-bond donors (Lipinski definition) is 0. The second-order valence-corrected chi connectivity index (χ2v) is 8.21. The highest BCUT2D eigenvalue weighted by Crippen LogP contribution is 2.28. The van der Waals surface area contributed by atoms with Crippen LogP contribution in [0.5, 0.6) is 5.75 Å². The first kappa shape index (κ1) is 20.5. The predicted molar refractivity (Wildman–Crippen MR) is 114 cm³/mol. The number of carbonyl (C=O) groups is 1. The minimum atomic E-state index is 0.0400. The van der Waals surface area contributed by atoms with Crippen molar-refractivity contribution in [2.75, 3.05) is 18.2 Å². The average molecular weight is 486 g/mol. The molecule has 0 aliphatic rings. The van der Waals surface area contributed by atoms with Crippen LogP contribution in [0.3, 0.4) is 0 Å². The highest BCUT2D eigenvalue weighted by molar-refractivity contribution is 9.10. The minimum absolute atomic E-state index is 0.0400. The molecule has 0 amide bonds. The van der Waals surface area contributed by atoms with Crippen molar-refractivity contribution in [3.05, 3.63) is 58.1 Å². The quantitative estimate of drug-likeness (QED) is 0.161. The highest BCUT2D eigenvalue weighted by Gasteiger charge is 2.14. The normalized spacial score (nSPS) is 10.7. The molecule has 0 aliphatic heterocycles. The third kappa shape index (κ3) is 6.46. The van der Waals surface area contributed by atoms with Crippen molar-refractivity contribution >= 4 is 49.4 Å². The summed E-state index contributed by atoms with van der Waals surface area (Å²) in [6.07, 6.45) is 6.66. The zero-order valence-electron chi connectivity index (χ0n) is 14.3. The molecule has 2 aromatic carbocycles. The Morgan fingerprint density at radius 1 is 1.04 bits per heavy atom. The van der Waals surface area contributed by atoms with Crippen LogP contribution < -0.4 is 4.74 Å². The summed E-state index contributed by atoms with van der Waals surface area (Å²) in [6, 6.07) is 13.2. The van der Waals surface area contributed by atoms with Crippen LogP contribution >= 0.6 is 43.6 Å². The molecule has 0 aromatic heterocycles. The monoisotopic (exact) mass is 484 g/mol. The fourth-order valence-corrected chi connectivity index (χ4v) is 3.72. The molecule has 0 fully saturated rings. The molecule has 134 valence electrons. The van der Waals surface area contributed by atoms with E-state index in [9.17, 15) is 4.79 Å². The number of halogens is 2. The maximum atomic E-state index is 12.7. The van der Waals surface area contributed by atoms with Gasteiger partial charge < -0.3 is 4.74 Å². The summed E-state index contributed by atoms with van der Waals surface area (Å²) in [4.78, 5) is 13.7. The summed E-state index contributed by atoms with van der Waals surface area (Å²) in [7, 11) is 0. The van der Waals surface area contributed by atoms with E-state index < -0.39 is 0 Å². The highest BCUT2D eigenvalue weighted by atomic mass is 79.9. The first-order chi connectivity index (χ1) is 12.2. The van der Waals surface area contributed by atoms with Crippen molar-refractivity contribution in [2.24, 2.45) is 0 Å². The van der Waals surface area contributed by atoms with Crippen molar-refractivity contribution < 1.29 is 9.53 Å². The van der Waals surface area contributed by atoms with E-state index in [4.69, 9.17) is 4.74 Å². The first-order valence-electron chi connectivity index (χ1n) is 8.32. The molecule has 0 aliphatic carbocycles. The molecule has 0 radical (unpaired) electrons. The molecular weight excluding hydrogens is 464 g/mol. The van der Waals surface area contributed by atoms with Gasteiger partial charge in [-0.15, -0.1) is 11.8 Å². The van der Waals surface area contributed by atoms with Crippen LogP contribution in [0.2, 0.25) is 0 Å². The van der Waals surface area contributed by atoms with E-state index >= 15 is 0 Å². The van der Waals surface area contributed by atoms with Crippen LogP contribution in [0, 0.1) is 0 Å². The van der Waals surface area contributed by atoms with Crippen LogP contribution in [0.15, 0.2) is 51.8 Å². The zero-order valence-corrected chi connectivity index (χ0v) is 18.3. The van der Waals surface area contributed by atoms with E-state index in [1.807, 2.05) is 48.7 Å². The molecule has 0 atom stereocenters. The standard InChI is InChI=1S/C20H22Br2O2S/c1-25-19-14-17(24-13-5-3-2-4-12-21)10-11-18(19)20(23)15-6-8-16(22)9-7-15/h6-11,14H,2-5,12-13H2,1H3. The summed E-state index contributed by atoms with van der Waals surface area (Å²) in [5, 5.41) is 1.07. The first-order valence-corrected chi connectivity index (χ1v) is 11.5. The fraction of sp³-hybridized carbons (Fsp3) is 0.350. The number of thioether (sulfide) groups is 1. The lowest BCUT2D eigenvalue weighted by atomic mass is 10.0. The van der Waals surface area contributed by atoms with Crippen LogP contribution in [-0.4, -0.2) is 24.0 Å². The Morgan fingerprint density at radius 3 is 2.44 bits per heavy atom. The Hall–Kier alpha value is -0.780. The van der Waals surface area contributed by atoms with Gasteiger partial charge in [0.25, 0.3) is 0 Å². The molecule has 2 aromatic rings. The van der Waals surface area contributed by atoms with Crippen molar-refractivity contribution in [1.29, 1.82) is 0 Å². The van der Waals surface area contributed by atoms with Gasteiger partial charge in [0.2, 0.25) is 0 Å². The predicted octanol–water partition coefficient (Wildman–Crippen LogP) is 6.74. The molecule has 0 unspecified atom stereocenters. The summed E-state index contributed by atoms with van der Waals surface area (Å²) >= 11 is 8.42. The number of rotatable bonds is 10. The number of ether oxygens (including phenoxy) is 1. The maximum absolute atomic E-state index is 12.7. The van der Waals surface area contributed by atoms with Gasteiger partial charge in [0, 0.05) is 25.8 Å². The Kier molecular flexibility index (Phi) is 9.07. The number of hydrogen-bond acceptors (Lipinski definition) is 3. The third-order valence-corrected chi connectivity index (χ3v) is 5.69. The summed E-state index contributed by atoms with van der Waals surface area (Å²) in [5.74, 6) is 0.871. The lowest BCUT2D eigenvalue weighted by molar-refractivity contribution is 0.103. The van der Waals surface area contributed by atoms with Gasteiger partial charge in [-0.1, -0.05) is 44.7 Å². The average Bonchev–Trinajstić information content (AvgIpc) is 2.64. The van der Waals surface area contributed by atoms with Crippen LogP contribution in [-0.2, 0) is 0 Å². The van der Waals surface area contributed by atoms with E-state index in [0.29, 0.717) is 5.56 Å². The number of benzene rings is 2. The molecule has 25 heavy (non-hydrogen) atoms. The van der Waals surface area contributed by atoms with Gasteiger partial charge in [-0.25, -0.2) is 0 Å². The summed E-state index contributed by atoms with van der Waals surface area (Å²) < 4.78 is 6.81. The van der Waals surface area contributed by atoms with Gasteiger partial charge in [-0.2, -0.15) is 0 Å². The van der Waals surface area contributed by atoms with Gasteiger partial charge in [0.1, 0.15) is 5.75 Å². The molecule has 0 bridgehead atoms. The van der Waals surface area contributed by atoms with Crippen molar-refractivity contribution in [3.63, 3.8) is 0 Å². The maximum Gasteiger partial charge on any atom is 0.194 e. The molecule has 0 N–H and O–H groups in total. The van der Waals surface area contributed by atoms with E-state index in [1.165, 1.54) is 19.3 Å². The third-order valence-electron chi connectivity index (χ3n) is 3.82. The second kappa shape index (κ2) is 11.0. The second-order valence-electron chi connectivity index (χ2n) is 5.65. The van der Waals surface area contributed by atoms with E-state index in [-0.39, 0.29) is 5.78 Å². The van der Waals surface area contributed by atoms with E-state index in [1.54, 1.807) is 11.8 Å². The molecule has 0 heterocycles. The SMILES string of the molecule is CSc1cc(OCCCCCCBr)ccc1C(=O)c1ccc(Br)cc1. The molecule has 0 saturated carbocycles. The zero-order chi connectivity index (χ0) is 18.1. The number of unbranched alkanes of at least 4 members (excludes halogenated alkanes) is 3. The lowest BCUT2D eigenvalue weighted by Crippen LogP contribution is -2.04. The molecule has 5 heteroatoms. The smallest absolute Gasteiger partial charge is 0.194 e. The number of alkyl halides is 1. The molecule has 0 saturated heterocycles. The van der Waals surface area contributed by atoms with Gasteiger partial charge in [0.15, 0.2) is 5.78 Å². The van der Waals surface area contributed by atoms with Gasteiger partial charge in [-0.05, 0) is 61.6 Å². The topological polar surface area (TPSA) is 26.3 Å². The van der Waals surface area contributed by atoms with Crippen molar-refractivity contribution in [3.8, 4) is 5.75 Å². The molecular formula is C20H22Br2O2S. The minimum Gasteiger partial charge on any atom is -0.494 e. The van der Waals surface area contributed by atoms with E-state index in [0.717, 1.165) is 39.0 Å². The summed E-state index contributed by atoms with van der Waals surface area (Å²) in [6.45, 7) is 0.718. The molecule has 2 rings (SSSR count). The van der Waals surface area contributed by atoms with Gasteiger partial charge in [0.05, 0.1) is 6.61 Å². The van der Waals surface area contributed by atoms with Crippen molar-refractivity contribution in [2.45, 2.75) is 30.6 Å². The van der Waals surface area contributed by atoms with Gasteiger partial charge >= 0.3 is 0 Å².